The van der Waals surface area contributed by atoms with Gasteiger partial charge in [0.15, 0.2) is 0 Å². The normalized spacial score (nSPS) is 11.3. The minimum Gasteiger partial charge on any atom is -0.398 e. The minimum atomic E-state index is -3.93. The molecule has 10 heteroatoms. The number of nitrogens with two attached hydrogens (primary N) is 1. The summed E-state index contributed by atoms with van der Waals surface area (Å²) in [6.45, 7) is 0. The molecule has 1 aromatic carbocycles. The van der Waals surface area contributed by atoms with Crippen LogP contribution < -0.4 is 10.5 Å². The number of benzene rings is 1. The van der Waals surface area contributed by atoms with Crippen LogP contribution in [0.25, 0.3) is 0 Å². The Kier molecular flexibility index (Phi) is 4.52. The molecule has 0 saturated heterocycles. The largest absolute Gasteiger partial charge is 0.398 e. The topological polar surface area (TPSA) is 98.0 Å². The first-order chi connectivity index (χ1) is 9.29. The lowest BCUT2D eigenvalue weighted by Crippen LogP contribution is -2.17. The molecular formula is C10H7Br2ClN4O2S. The predicted octanol–water partition coefficient (Wildman–Crippen LogP) is 3.04. The Morgan fingerprint density at radius 1 is 1.30 bits per heavy atom. The molecular weight excluding hydrogens is 435 g/mol. The molecule has 2 rings (SSSR count). The Morgan fingerprint density at radius 3 is 2.60 bits per heavy atom. The molecule has 0 spiro atoms. The van der Waals surface area contributed by atoms with Crippen LogP contribution in [0.4, 0.5) is 11.6 Å². The van der Waals surface area contributed by atoms with Gasteiger partial charge in [-0.2, -0.15) is 0 Å². The summed E-state index contributed by atoms with van der Waals surface area (Å²) in [6.07, 6.45) is 1.34. The van der Waals surface area contributed by atoms with E-state index in [4.69, 9.17) is 17.3 Å². The van der Waals surface area contributed by atoms with Gasteiger partial charge in [-0.1, -0.05) is 27.5 Å². The van der Waals surface area contributed by atoms with Crippen molar-refractivity contribution in [2.75, 3.05) is 10.5 Å². The highest BCUT2D eigenvalue weighted by Crippen LogP contribution is 2.32. The molecule has 0 aliphatic carbocycles. The number of nitrogen functional groups attached to an aromatic ring is 1. The second-order valence-corrected chi connectivity index (χ2v) is 7.39. The van der Waals surface area contributed by atoms with Crippen molar-refractivity contribution in [1.29, 1.82) is 0 Å². The summed E-state index contributed by atoms with van der Waals surface area (Å²) < 4.78 is 27.8. The number of halogens is 3. The SMILES string of the molecule is Nc1cc(Br)cc(Br)c1S(=O)(=O)Nc1nccc(Cl)n1. The van der Waals surface area contributed by atoms with Crippen molar-refractivity contribution in [3.05, 3.63) is 38.5 Å². The number of aromatic nitrogens is 2. The molecule has 0 fully saturated rings. The lowest BCUT2D eigenvalue weighted by Gasteiger charge is -2.11. The van der Waals surface area contributed by atoms with E-state index in [9.17, 15) is 8.42 Å². The fourth-order valence-corrected chi connectivity index (χ4v) is 4.58. The van der Waals surface area contributed by atoms with Crippen molar-refractivity contribution < 1.29 is 8.42 Å². The van der Waals surface area contributed by atoms with Crippen molar-refractivity contribution in [3.8, 4) is 0 Å². The van der Waals surface area contributed by atoms with Crippen LogP contribution in [-0.4, -0.2) is 18.4 Å². The highest BCUT2D eigenvalue weighted by atomic mass is 79.9. The number of hydrogen-bond acceptors (Lipinski definition) is 5. The van der Waals surface area contributed by atoms with Gasteiger partial charge in [-0.3, -0.25) is 0 Å². The molecule has 0 amide bonds. The summed E-state index contributed by atoms with van der Waals surface area (Å²) in [5.74, 6) is -0.133. The Labute approximate surface area is 137 Å². The van der Waals surface area contributed by atoms with E-state index in [-0.39, 0.29) is 21.7 Å². The molecule has 0 bridgehead atoms. The average Bonchev–Trinajstić information content (AvgIpc) is 2.25. The average molecular weight is 443 g/mol. The first-order valence-corrected chi connectivity index (χ1v) is 8.50. The summed E-state index contributed by atoms with van der Waals surface area (Å²) in [6, 6.07) is 4.49. The summed E-state index contributed by atoms with van der Waals surface area (Å²) in [5.41, 5.74) is 5.83. The summed E-state index contributed by atoms with van der Waals surface area (Å²) in [7, 11) is -3.93. The zero-order valence-corrected chi connectivity index (χ0v) is 14.4. The van der Waals surface area contributed by atoms with Gasteiger partial charge in [0, 0.05) is 15.1 Å². The van der Waals surface area contributed by atoms with E-state index in [0.29, 0.717) is 8.95 Å². The Balaban J connectivity index is 2.46. The zero-order chi connectivity index (χ0) is 14.9. The molecule has 0 saturated carbocycles. The number of hydrogen-bond donors (Lipinski definition) is 2. The molecule has 1 heterocycles. The van der Waals surface area contributed by atoms with Gasteiger partial charge in [-0.25, -0.2) is 23.1 Å². The third kappa shape index (κ3) is 3.40. The van der Waals surface area contributed by atoms with E-state index in [1.54, 1.807) is 6.07 Å². The van der Waals surface area contributed by atoms with Crippen LogP contribution >= 0.6 is 43.5 Å². The van der Waals surface area contributed by atoms with Gasteiger partial charge in [0.1, 0.15) is 10.0 Å². The van der Waals surface area contributed by atoms with Crippen molar-refractivity contribution >= 4 is 65.1 Å². The van der Waals surface area contributed by atoms with E-state index >= 15 is 0 Å². The van der Waals surface area contributed by atoms with Gasteiger partial charge in [-0.15, -0.1) is 0 Å². The second kappa shape index (κ2) is 5.84. The lowest BCUT2D eigenvalue weighted by molar-refractivity contribution is 0.600. The monoisotopic (exact) mass is 440 g/mol. The third-order valence-electron chi connectivity index (χ3n) is 2.15. The molecule has 2 aromatic rings. The highest BCUT2D eigenvalue weighted by Gasteiger charge is 2.22. The second-order valence-electron chi connectivity index (χ2n) is 3.61. The van der Waals surface area contributed by atoms with Gasteiger partial charge in [0.25, 0.3) is 10.0 Å². The first-order valence-electron chi connectivity index (χ1n) is 5.05. The van der Waals surface area contributed by atoms with Crippen LogP contribution in [0.15, 0.2) is 38.2 Å². The quantitative estimate of drug-likeness (QED) is 0.563. The maximum atomic E-state index is 12.3. The summed E-state index contributed by atoms with van der Waals surface area (Å²) >= 11 is 12.1. The summed E-state index contributed by atoms with van der Waals surface area (Å²) in [4.78, 5) is 7.44. The van der Waals surface area contributed by atoms with E-state index in [2.05, 4.69) is 46.5 Å². The van der Waals surface area contributed by atoms with Gasteiger partial charge in [0.2, 0.25) is 5.95 Å². The predicted molar refractivity (Wildman–Crippen MR) is 84.1 cm³/mol. The Hall–Kier alpha value is -0.900. The van der Waals surface area contributed by atoms with Gasteiger partial charge in [-0.05, 0) is 34.1 Å². The fourth-order valence-electron chi connectivity index (χ4n) is 1.42. The number of nitrogens with one attached hydrogen (secondary N) is 1. The van der Waals surface area contributed by atoms with Crippen LogP contribution in [0, 0.1) is 0 Å². The van der Waals surface area contributed by atoms with Crippen molar-refractivity contribution in [1.82, 2.24) is 9.97 Å². The minimum absolute atomic E-state index is 0.0841. The van der Waals surface area contributed by atoms with Crippen molar-refractivity contribution in [2.45, 2.75) is 4.90 Å². The van der Waals surface area contributed by atoms with E-state index in [1.807, 2.05) is 0 Å². The van der Waals surface area contributed by atoms with Crippen LogP contribution in [0.3, 0.4) is 0 Å². The summed E-state index contributed by atoms with van der Waals surface area (Å²) in [5, 5.41) is 0.126. The zero-order valence-electron chi connectivity index (χ0n) is 9.64. The third-order valence-corrected chi connectivity index (χ3v) is 5.15. The lowest BCUT2D eigenvalue weighted by atomic mass is 10.3. The molecule has 3 N–H and O–H groups in total. The number of nitrogens with zero attached hydrogens (tertiary/aromatic N) is 2. The number of rotatable bonds is 3. The maximum Gasteiger partial charge on any atom is 0.267 e. The Bertz CT molecular complexity index is 747. The molecule has 0 aliphatic rings. The molecule has 0 radical (unpaired) electrons. The smallest absolute Gasteiger partial charge is 0.267 e. The molecule has 0 unspecified atom stereocenters. The van der Waals surface area contributed by atoms with E-state index < -0.39 is 10.0 Å². The number of sulfonamides is 1. The van der Waals surface area contributed by atoms with Crippen LogP contribution in [-0.2, 0) is 10.0 Å². The van der Waals surface area contributed by atoms with Gasteiger partial charge in [0.05, 0.1) is 5.69 Å². The fraction of sp³-hybridized carbons (Fsp3) is 0. The molecule has 1 aromatic heterocycles. The maximum absolute atomic E-state index is 12.3. The van der Waals surface area contributed by atoms with E-state index in [1.165, 1.54) is 18.3 Å². The number of anilines is 2. The standard InChI is InChI=1S/C10H7Br2ClN4O2S/c11-5-3-6(12)9(7(14)4-5)20(18,19)17-10-15-2-1-8(13)16-10/h1-4H,14H2,(H,15,16,17). The molecule has 6 nitrogen and oxygen atoms in total. The van der Waals surface area contributed by atoms with Crippen LogP contribution in [0.1, 0.15) is 0 Å². The van der Waals surface area contributed by atoms with Crippen molar-refractivity contribution in [2.24, 2.45) is 0 Å². The van der Waals surface area contributed by atoms with Gasteiger partial charge < -0.3 is 5.73 Å². The highest BCUT2D eigenvalue weighted by molar-refractivity contribution is 9.11. The molecule has 106 valence electrons. The molecule has 0 atom stereocenters. The van der Waals surface area contributed by atoms with Crippen LogP contribution in [0.2, 0.25) is 5.15 Å². The van der Waals surface area contributed by atoms with Gasteiger partial charge >= 0.3 is 0 Å². The van der Waals surface area contributed by atoms with Crippen molar-refractivity contribution in [3.63, 3.8) is 0 Å². The Morgan fingerprint density at radius 2 is 2.00 bits per heavy atom. The first kappa shape index (κ1) is 15.5. The van der Waals surface area contributed by atoms with Crippen LogP contribution in [0.5, 0.6) is 0 Å². The van der Waals surface area contributed by atoms with E-state index in [0.717, 1.165) is 0 Å². The molecule has 0 aliphatic heterocycles. The molecule has 20 heavy (non-hydrogen) atoms.